The zero-order valence-electron chi connectivity index (χ0n) is 9.96. The Bertz CT molecular complexity index is 478. The Morgan fingerprint density at radius 3 is 2.74 bits per heavy atom. The van der Waals surface area contributed by atoms with E-state index in [9.17, 15) is 14.4 Å². The number of thioether (sulfide) groups is 1. The SMILES string of the molecule is O=C(NCCN1C(=O)CSC1=O)Nc1ccncc1. The number of amides is 4. The van der Waals surface area contributed by atoms with Crippen LogP contribution in [0.1, 0.15) is 0 Å². The summed E-state index contributed by atoms with van der Waals surface area (Å²) in [5.74, 6) is -0.0338. The first kappa shape index (κ1) is 13.3. The number of rotatable bonds is 4. The van der Waals surface area contributed by atoms with Crippen molar-refractivity contribution >= 4 is 34.6 Å². The maximum Gasteiger partial charge on any atom is 0.319 e. The summed E-state index contributed by atoms with van der Waals surface area (Å²) in [6.45, 7) is 0.406. The van der Waals surface area contributed by atoms with Gasteiger partial charge in [0.2, 0.25) is 5.91 Å². The van der Waals surface area contributed by atoms with E-state index in [-0.39, 0.29) is 30.0 Å². The molecule has 2 N–H and O–H groups in total. The van der Waals surface area contributed by atoms with Crippen molar-refractivity contribution in [3.8, 4) is 0 Å². The Morgan fingerprint density at radius 2 is 2.11 bits per heavy atom. The van der Waals surface area contributed by atoms with Crippen LogP contribution in [-0.4, -0.2) is 45.9 Å². The molecule has 0 aromatic carbocycles. The van der Waals surface area contributed by atoms with Crippen molar-refractivity contribution in [3.63, 3.8) is 0 Å². The van der Waals surface area contributed by atoms with Crippen LogP contribution in [0.2, 0.25) is 0 Å². The van der Waals surface area contributed by atoms with Crippen LogP contribution in [-0.2, 0) is 4.79 Å². The van der Waals surface area contributed by atoms with Gasteiger partial charge in [-0.1, -0.05) is 11.8 Å². The van der Waals surface area contributed by atoms with E-state index in [2.05, 4.69) is 15.6 Å². The molecular formula is C11H12N4O3S. The van der Waals surface area contributed by atoms with Crippen molar-refractivity contribution in [2.75, 3.05) is 24.2 Å². The van der Waals surface area contributed by atoms with Gasteiger partial charge in [-0.25, -0.2) is 4.79 Å². The van der Waals surface area contributed by atoms with Crippen LogP contribution < -0.4 is 10.6 Å². The number of hydrogen-bond acceptors (Lipinski definition) is 5. The molecular weight excluding hydrogens is 268 g/mol. The van der Waals surface area contributed by atoms with Crippen molar-refractivity contribution in [3.05, 3.63) is 24.5 Å². The topological polar surface area (TPSA) is 91.4 Å². The third-order valence-corrected chi connectivity index (χ3v) is 3.26. The van der Waals surface area contributed by atoms with Gasteiger partial charge in [0.25, 0.3) is 5.24 Å². The number of aromatic nitrogens is 1. The fraction of sp³-hybridized carbons (Fsp3) is 0.273. The minimum atomic E-state index is -0.391. The molecule has 1 aromatic heterocycles. The lowest BCUT2D eigenvalue weighted by molar-refractivity contribution is -0.124. The van der Waals surface area contributed by atoms with Crippen molar-refractivity contribution in [2.24, 2.45) is 0 Å². The van der Waals surface area contributed by atoms with Gasteiger partial charge in [-0.3, -0.25) is 19.5 Å². The highest BCUT2D eigenvalue weighted by molar-refractivity contribution is 8.14. The molecule has 1 aliphatic heterocycles. The number of pyridine rings is 1. The predicted molar refractivity (Wildman–Crippen MR) is 70.8 cm³/mol. The van der Waals surface area contributed by atoms with Gasteiger partial charge >= 0.3 is 6.03 Å². The number of imide groups is 1. The fourth-order valence-electron chi connectivity index (χ4n) is 1.49. The molecule has 0 unspecified atom stereocenters. The van der Waals surface area contributed by atoms with Crippen molar-refractivity contribution in [1.29, 1.82) is 0 Å². The normalized spacial score (nSPS) is 14.6. The molecule has 0 spiro atoms. The van der Waals surface area contributed by atoms with Gasteiger partial charge in [-0.05, 0) is 12.1 Å². The second kappa shape index (κ2) is 6.19. The molecule has 0 aliphatic carbocycles. The minimum Gasteiger partial charge on any atom is -0.336 e. The lowest BCUT2D eigenvalue weighted by Gasteiger charge is -2.13. The molecule has 1 aliphatic rings. The number of hydrogen-bond donors (Lipinski definition) is 2. The van der Waals surface area contributed by atoms with Crippen molar-refractivity contribution in [1.82, 2.24) is 15.2 Å². The summed E-state index contributed by atoms with van der Waals surface area (Å²) in [4.78, 5) is 39.1. The summed E-state index contributed by atoms with van der Waals surface area (Å²) in [5, 5.41) is 4.92. The molecule has 0 radical (unpaired) electrons. The zero-order valence-corrected chi connectivity index (χ0v) is 10.8. The molecule has 8 heteroatoms. The Morgan fingerprint density at radius 1 is 1.37 bits per heavy atom. The highest BCUT2D eigenvalue weighted by Gasteiger charge is 2.29. The number of carbonyl (C=O) groups is 3. The molecule has 0 bridgehead atoms. The Labute approximate surface area is 113 Å². The maximum atomic E-state index is 11.5. The van der Waals surface area contributed by atoms with E-state index in [1.165, 1.54) is 0 Å². The van der Waals surface area contributed by atoms with E-state index < -0.39 is 6.03 Å². The zero-order chi connectivity index (χ0) is 13.7. The van der Waals surface area contributed by atoms with Crippen molar-refractivity contribution in [2.45, 2.75) is 0 Å². The first-order chi connectivity index (χ1) is 9.16. The molecule has 100 valence electrons. The number of anilines is 1. The summed E-state index contributed by atoms with van der Waals surface area (Å²) in [7, 11) is 0. The lowest BCUT2D eigenvalue weighted by Crippen LogP contribution is -2.39. The monoisotopic (exact) mass is 280 g/mol. The first-order valence-electron chi connectivity index (χ1n) is 5.59. The van der Waals surface area contributed by atoms with Crippen LogP contribution in [0.15, 0.2) is 24.5 Å². The maximum absolute atomic E-state index is 11.5. The van der Waals surface area contributed by atoms with Gasteiger partial charge in [0, 0.05) is 31.2 Å². The number of nitrogens with zero attached hydrogens (tertiary/aromatic N) is 2. The van der Waals surface area contributed by atoms with Gasteiger partial charge < -0.3 is 10.6 Å². The Kier molecular flexibility index (Phi) is 4.35. The Hall–Kier alpha value is -2.09. The molecule has 1 fully saturated rings. The average Bonchev–Trinajstić information content (AvgIpc) is 2.71. The molecule has 2 rings (SSSR count). The second-order valence-corrected chi connectivity index (χ2v) is 4.64. The third-order valence-electron chi connectivity index (χ3n) is 2.40. The summed E-state index contributed by atoms with van der Waals surface area (Å²) < 4.78 is 0. The molecule has 4 amide bonds. The van der Waals surface area contributed by atoms with Crippen molar-refractivity contribution < 1.29 is 14.4 Å². The summed E-state index contributed by atoms with van der Waals surface area (Å²) in [6, 6.07) is 2.92. The molecule has 2 heterocycles. The van der Waals surface area contributed by atoms with Crippen LogP contribution in [0, 0.1) is 0 Å². The van der Waals surface area contributed by atoms with E-state index in [4.69, 9.17) is 0 Å². The number of nitrogens with one attached hydrogen (secondary N) is 2. The summed E-state index contributed by atoms with van der Waals surface area (Å²) >= 11 is 0.977. The van der Waals surface area contributed by atoms with Gasteiger partial charge in [0.15, 0.2) is 0 Å². The van der Waals surface area contributed by atoms with E-state index in [0.29, 0.717) is 5.69 Å². The standard InChI is InChI=1S/C11H12N4O3S/c16-9-7-19-11(18)15(9)6-5-13-10(17)14-8-1-3-12-4-2-8/h1-4H,5-7H2,(H2,12,13,14,17). The van der Waals surface area contributed by atoms with Crippen LogP contribution >= 0.6 is 11.8 Å². The van der Waals surface area contributed by atoms with Crippen LogP contribution in [0.4, 0.5) is 15.3 Å². The lowest BCUT2D eigenvalue weighted by atomic mass is 10.4. The molecule has 0 atom stereocenters. The number of urea groups is 1. The second-order valence-electron chi connectivity index (χ2n) is 3.72. The molecule has 19 heavy (non-hydrogen) atoms. The fourth-order valence-corrected chi connectivity index (χ4v) is 2.24. The molecule has 0 saturated carbocycles. The van der Waals surface area contributed by atoms with E-state index >= 15 is 0 Å². The summed E-state index contributed by atoms with van der Waals surface area (Å²) in [5.41, 5.74) is 0.622. The van der Waals surface area contributed by atoms with Gasteiger partial charge in [0.05, 0.1) is 5.75 Å². The Balaban J connectivity index is 1.72. The van der Waals surface area contributed by atoms with E-state index in [0.717, 1.165) is 16.7 Å². The molecule has 7 nitrogen and oxygen atoms in total. The van der Waals surface area contributed by atoms with Gasteiger partial charge in [0.1, 0.15) is 0 Å². The predicted octanol–water partition coefficient (Wildman–Crippen LogP) is 0.898. The quantitative estimate of drug-likeness (QED) is 0.855. The van der Waals surface area contributed by atoms with Crippen LogP contribution in [0.3, 0.4) is 0 Å². The summed E-state index contributed by atoms with van der Waals surface area (Å²) in [6.07, 6.45) is 3.13. The van der Waals surface area contributed by atoms with E-state index in [1.54, 1.807) is 24.5 Å². The number of carbonyl (C=O) groups excluding carboxylic acids is 3. The van der Waals surface area contributed by atoms with Crippen LogP contribution in [0.25, 0.3) is 0 Å². The first-order valence-corrected chi connectivity index (χ1v) is 6.57. The van der Waals surface area contributed by atoms with Gasteiger partial charge in [-0.2, -0.15) is 0 Å². The highest BCUT2D eigenvalue weighted by Crippen LogP contribution is 2.17. The smallest absolute Gasteiger partial charge is 0.319 e. The largest absolute Gasteiger partial charge is 0.336 e. The van der Waals surface area contributed by atoms with Gasteiger partial charge in [-0.15, -0.1) is 0 Å². The third kappa shape index (κ3) is 3.68. The van der Waals surface area contributed by atoms with Crippen LogP contribution in [0.5, 0.6) is 0 Å². The van der Waals surface area contributed by atoms with E-state index in [1.807, 2.05) is 0 Å². The minimum absolute atomic E-state index is 0.183. The highest BCUT2D eigenvalue weighted by atomic mass is 32.2. The average molecular weight is 280 g/mol. The molecule has 1 aromatic rings. The molecule has 1 saturated heterocycles.